The van der Waals surface area contributed by atoms with Gasteiger partial charge in [-0.3, -0.25) is 14.5 Å². The SMILES string of the molecule is C#CCSC1=C(C(=O)O)N2C(=O)[C@@H](NC(=O)/C(=N\OC)c3csc(N)n3)[C@H]2SC1.[H-].[Na+]. The van der Waals surface area contributed by atoms with Crippen molar-refractivity contribution < 1.29 is 55.3 Å². The van der Waals surface area contributed by atoms with Crippen molar-refractivity contribution in [3.8, 4) is 12.3 Å². The number of carbonyl (C=O) groups is 3. The molecule has 0 aliphatic carbocycles. The van der Waals surface area contributed by atoms with E-state index in [1.165, 1.54) is 40.9 Å². The summed E-state index contributed by atoms with van der Waals surface area (Å²) in [6.45, 7) is 0. The molecule has 3 heterocycles. The molecule has 1 saturated heterocycles. The number of aliphatic carboxylic acids is 1. The predicted molar refractivity (Wildman–Crippen MR) is 112 cm³/mol. The number of hydrogen-bond donors (Lipinski definition) is 3. The molecular formula is C16H16N5NaO5S3. The molecule has 2 aliphatic rings. The van der Waals surface area contributed by atoms with E-state index in [2.05, 4.69) is 21.4 Å². The van der Waals surface area contributed by atoms with Gasteiger partial charge in [-0.15, -0.1) is 41.3 Å². The largest absolute Gasteiger partial charge is 1.00 e. The number of β-lactam (4-membered cyclic amide) rings is 1. The number of aromatic nitrogens is 1. The van der Waals surface area contributed by atoms with E-state index in [1.54, 1.807) is 0 Å². The topological polar surface area (TPSA) is 147 Å². The van der Waals surface area contributed by atoms with Crippen LogP contribution in [0.4, 0.5) is 5.13 Å². The minimum atomic E-state index is -1.22. The standard InChI is InChI=1S/C16H15N5O5S3.Na.H/c1-3-4-27-8-6-28-14-10(13(23)21(14)11(8)15(24)25)19-12(22)9(20-26-2)7-5-29-16(17)18-7;;/h1,5,10,14H,4,6H2,2H3,(H2,17,18)(H,19,22)(H,24,25);;/q;+1;-1/b20-9-;;/t10-,14-;;/m1../s1. The number of nitrogens with zero attached hydrogens (tertiary/aromatic N) is 3. The second kappa shape index (κ2) is 10.6. The van der Waals surface area contributed by atoms with Gasteiger partial charge in [0.25, 0.3) is 11.8 Å². The van der Waals surface area contributed by atoms with Gasteiger partial charge in [-0.25, -0.2) is 9.78 Å². The number of rotatable bonds is 7. The van der Waals surface area contributed by atoms with Gasteiger partial charge in [-0.2, -0.15) is 0 Å². The number of thiazole rings is 1. The molecule has 0 radical (unpaired) electrons. The van der Waals surface area contributed by atoms with Crippen molar-refractivity contribution in [2.75, 3.05) is 24.3 Å². The molecule has 154 valence electrons. The molecule has 0 spiro atoms. The molecule has 2 aliphatic heterocycles. The Morgan fingerprint density at radius 3 is 2.93 bits per heavy atom. The molecule has 0 saturated carbocycles. The number of anilines is 1. The zero-order chi connectivity index (χ0) is 21.1. The Bertz CT molecular complexity index is 979. The summed E-state index contributed by atoms with van der Waals surface area (Å²) in [4.78, 5) is 47.4. The maximum atomic E-state index is 12.7. The molecule has 10 nitrogen and oxygen atoms in total. The fraction of sp³-hybridized carbons (Fsp3) is 0.312. The molecule has 3 rings (SSSR count). The number of oxime groups is 1. The van der Waals surface area contributed by atoms with Crippen LogP contribution in [0.25, 0.3) is 0 Å². The van der Waals surface area contributed by atoms with Gasteiger partial charge < -0.3 is 22.4 Å². The van der Waals surface area contributed by atoms with E-state index in [0.29, 0.717) is 16.4 Å². The van der Waals surface area contributed by atoms with E-state index in [0.717, 1.165) is 11.3 Å². The third-order valence-electron chi connectivity index (χ3n) is 3.91. The number of carboxylic acid groups (broad SMARTS) is 1. The molecule has 2 atom stereocenters. The smallest absolute Gasteiger partial charge is 1.00 e. The minimum Gasteiger partial charge on any atom is -1.00 e. The van der Waals surface area contributed by atoms with Crippen LogP contribution in [0.3, 0.4) is 0 Å². The Labute approximate surface area is 207 Å². The van der Waals surface area contributed by atoms with Crippen molar-refractivity contribution in [2.45, 2.75) is 11.4 Å². The van der Waals surface area contributed by atoms with Crippen LogP contribution in [0.1, 0.15) is 7.12 Å². The molecule has 0 aromatic carbocycles. The summed E-state index contributed by atoms with van der Waals surface area (Å²) in [6.07, 6.45) is 5.24. The first-order chi connectivity index (χ1) is 13.9. The first-order valence-corrected chi connectivity index (χ1v) is 10.9. The van der Waals surface area contributed by atoms with Gasteiger partial charge in [0.15, 0.2) is 10.8 Å². The number of thioether (sulfide) groups is 2. The zero-order valence-corrected chi connectivity index (χ0v) is 20.4. The summed E-state index contributed by atoms with van der Waals surface area (Å²) >= 11 is 3.68. The van der Waals surface area contributed by atoms with Crippen LogP contribution in [0, 0.1) is 12.3 Å². The van der Waals surface area contributed by atoms with Crippen LogP contribution in [0.15, 0.2) is 21.1 Å². The Balaban J connectivity index is 0.00000240. The summed E-state index contributed by atoms with van der Waals surface area (Å²) in [5.74, 6) is 0.685. The van der Waals surface area contributed by atoms with E-state index in [4.69, 9.17) is 17.0 Å². The molecule has 0 unspecified atom stereocenters. The normalized spacial score (nSPS) is 20.5. The van der Waals surface area contributed by atoms with Gasteiger partial charge in [-0.1, -0.05) is 11.1 Å². The maximum Gasteiger partial charge on any atom is 1.00 e. The van der Waals surface area contributed by atoms with E-state index in [-0.39, 0.29) is 53.2 Å². The Kier molecular flexibility index (Phi) is 8.65. The van der Waals surface area contributed by atoms with E-state index in [9.17, 15) is 19.5 Å². The average molecular weight is 478 g/mol. The molecule has 4 N–H and O–H groups in total. The quantitative estimate of drug-likeness (QED) is 0.125. The predicted octanol–water partition coefficient (Wildman–Crippen LogP) is -2.75. The Morgan fingerprint density at radius 1 is 1.63 bits per heavy atom. The average Bonchev–Trinajstić information content (AvgIpc) is 3.13. The third-order valence-corrected chi connectivity index (χ3v) is 7.05. The van der Waals surface area contributed by atoms with Crippen LogP contribution in [0.5, 0.6) is 0 Å². The summed E-state index contributed by atoms with van der Waals surface area (Å²) < 4.78 is 0. The van der Waals surface area contributed by atoms with E-state index >= 15 is 0 Å². The number of nitrogens with one attached hydrogen (secondary N) is 1. The second-order valence-electron chi connectivity index (χ2n) is 5.62. The van der Waals surface area contributed by atoms with Crippen molar-refractivity contribution in [1.82, 2.24) is 15.2 Å². The van der Waals surface area contributed by atoms with Gasteiger partial charge in [0.1, 0.15) is 29.9 Å². The zero-order valence-electron chi connectivity index (χ0n) is 16.9. The number of nitrogen functional groups attached to an aromatic ring is 1. The minimum absolute atomic E-state index is 0. The number of fused-ring (bicyclic) bond motifs is 1. The van der Waals surface area contributed by atoms with Crippen LogP contribution < -0.4 is 40.6 Å². The fourth-order valence-electron chi connectivity index (χ4n) is 2.73. The molecule has 0 bridgehead atoms. The summed E-state index contributed by atoms with van der Waals surface area (Å²) in [7, 11) is 1.27. The Morgan fingerprint density at radius 2 is 2.37 bits per heavy atom. The van der Waals surface area contributed by atoms with E-state index < -0.39 is 29.2 Å². The molecule has 30 heavy (non-hydrogen) atoms. The van der Waals surface area contributed by atoms with E-state index in [1.807, 2.05) is 0 Å². The number of amides is 2. The first kappa shape index (κ1) is 24.6. The van der Waals surface area contributed by atoms with Crippen molar-refractivity contribution in [3.63, 3.8) is 0 Å². The van der Waals surface area contributed by atoms with Gasteiger partial charge in [-0.05, 0) is 0 Å². The van der Waals surface area contributed by atoms with Crippen molar-refractivity contribution in [3.05, 3.63) is 21.7 Å². The number of carbonyl (C=O) groups excluding carboxylic acids is 2. The number of hydrogen-bond acceptors (Lipinski definition) is 10. The molecule has 1 aromatic rings. The molecule has 1 aromatic heterocycles. The number of nitrogens with two attached hydrogens (primary N) is 1. The summed E-state index contributed by atoms with van der Waals surface area (Å²) in [6, 6.07) is -0.904. The van der Waals surface area contributed by atoms with Gasteiger partial charge in [0.2, 0.25) is 0 Å². The summed E-state index contributed by atoms with van der Waals surface area (Å²) in [5.41, 5.74) is 5.58. The maximum absolute atomic E-state index is 12.7. The third kappa shape index (κ3) is 4.79. The summed E-state index contributed by atoms with van der Waals surface area (Å²) in [5, 5.41) is 17.1. The van der Waals surface area contributed by atoms with Crippen LogP contribution in [0.2, 0.25) is 0 Å². The van der Waals surface area contributed by atoms with Crippen LogP contribution >= 0.6 is 34.9 Å². The molecule has 2 amide bonds. The van der Waals surface area contributed by atoms with Gasteiger partial charge in [0, 0.05) is 16.0 Å². The number of terminal acetylenes is 1. The van der Waals surface area contributed by atoms with Crippen LogP contribution in [-0.4, -0.2) is 68.5 Å². The second-order valence-corrected chi connectivity index (χ2v) is 8.69. The first-order valence-electron chi connectivity index (χ1n) is 7.99. The van der Waals surface area contributed by atoms with Crippen molar-refractivity contribution in [1.29, 1.82) is 0 Å². The monoisotopic (exact) mass is 477 g/mol. The van der Waals surface area contributed by atoms with Gasteiger partial charge in [0.05, 0.1) is 5.75 Å². The van der Waals surface area contributed by atoms with Crippen molar-refractivity contribution >= 4 is 63.5 Å². The fourth-order valence-corrected chi connectivity index (χ4v) is 5.59. The molecule has 1 fully saturated rings. The van der Waals surface area contributed by atoms with Crippen LogP contribution in [-0.2, 0) is 19.2 Å². The Hall–Kier alpha value is -1.69. The molecular weight excluding hydrogens is 461 g/mol. The van der Waals surface area contributed by atoms with Crippen molar-refractivity contribution in [2.24, 2.45) is 5.16 Å². The van der Waals surface area contributed by atoms with Gasteiger partial charge >= 0.3 is 35.5 Å². The molecule has 14 heteroatoms. The number of carboxylic acids is 1.